The van der Waals surface area contributed by atoms with Crippen LogP contribution in [-0.2, 0) is 0 Å². The smallest absolute Gasteiger partial charge is 0.0110 e. The minimum atomic E-state index is 0.581. The van der Waals surface area contributed by atoms with Crippen LogP contribution in [0.5, 0.6) is 0 Å². The van der Waals surface area contributed by atoms with Gasteiger partial charge in [-0.05, 0) is 109 Å². The van der Waals surface area contributed by atoms with Crippen molar-refractivity contribution in [2.24, 2.45) is 40.7 Å². The summed E-state index contributed by atoms with van der Waals surface area (Å²) in [7, 11) is 0. The Balaban J connectivity index is 1.88. The molecule has 3 saturated carbocycles. The lowest BCUT2D eigenvalue weighted by Crippen LogP contribution is -2.53. The molecule has 2 N–H and O–H groups in total. The number of rotatable bonds is 10. The lowest BCUT2D eigenvalue weighted by molar-refractivity contribution is -0.114. The molecule has 0 aromatic rings. The lowest BCUT2D eigenvalue weighted by Gasteiger charge is -2.61. The summed E-state index contributed by atoms with van der Waals surface area (Å²) in [6, 6.07) is 0. The molecular formula is C30H49N. The second kappa shape index (κ2) is 10.7. The molecule has 0 spiro atoms. The molecule has 0 amide bonds. The zero-order chi connectivity index (χ0) is 22.6. The highest BCUT2D eigenvalue weighted by molar-refractivity contribution is 5.50. The highest BCUT2D eigenvalue weighted by Gasteiger charge is 2.54. The van der Waals surface area contributed by atoms with Gasteiger partial charge in [0.2, 0.25) is 0 Å². The number of unbranched alkanes of at least 4 members (excludes halogenated alkanes) is 1. The third-order valence-electron chi connectivity index (χ3n) is 9.25. The Morgan fingerprint density at radius 2 is 1.81 bits per heavy atom. The molecule has 0 heterocycles. The van der Waals surface area contributed by atoms with E-state index in [1.54, 1.807) is 22.3 Å². The summed E-state index contributed by atoms with van der Waals surface area (Å²) in [5.41, 5.74) is 12.8. The summed E-state index contributed by atoms with van der Waals surface area (Å²) in [6.45, 7) is 15.3. The summed E-state index contributed by atoms with van der Waals surface area (Å²) in [5.74, 6) is 4.13. The van der Waals surface area contributed by atoms with E-state index < -0.39 is 0 Å². The van der Waals surface area contributed by atoms with Crippen LogP contribution in [0.3, 0.4) is 0 Å². The van der Waals surface area contributed by atoms with E-state index in [-0.39, 0.29) is 0 Å². The molecule has 4 aliphatic carbocycles. The molecule has 4 rings (SSSR count). The van der Waals surface area contributed by atoms with Crippen molar-refractivity contribution in [3.63, 3.8) is 0 Å². The molecule has 0 aromatic carbocycles. The molecular weight excluding hydrogens is 374 g/mol. The molecule has 174 valence electrons. The van der Waals surface area contributed by atoms with Gasteiger partial charge in [0, 0.05) is 6.54 Å². The van der Waals surface area contributed by atoms with Crippen molar-refractivity contribution in [2.45, 2.75) is 99.3 Å². The third kappa shape index (κ3) is 5.13. The summed E-state index contributed by atoms with van der Waals surface area (Å²) in [6.07, 6.45) is 21.3. The van der Waals surface area contributed by atoms with Gasteiger partial charge in [0.05, 0.1) is 0 Å². The molecule has 1 nitrogen and oxygen atoms in total. The van der Waals surface area contributed by atoms with Crippen LogP contribution < -0.4 is 5.73 Å². The number of allylic oxidation sites excluding steroid dienone is 7. The molecule has 5 unspecified atom stereocenters. The molecule has 0 aliphatic heterocycles. The highest BCUT2D eigenvalue weighted by atomic mass is 14.6. The second-order valence-electron chi connectivity index (χ2n) is 11.3. The molecule has 5 atom stereocenters. The SMILES string of the molecule is CCCCC1=C(C=CCN)CCC(C=CC(C)C2CCC3CC2C3(C)C)=C1C(C)CC. The van der Waals surface area contributed by atoms with Crippen LogP contribution in [0, 0.1) is 35.0 Å². The van der Waals surface area contributed by atoms with Crippen molar-refractivity contribution in [1.82, 2.24) is 0 Å². The van der Waals surface area contributed by atoms with Gasteiger partial charge in [-0.2, -0.15) is 0 Å². The van der Waals surface area contributed by atoms with Crippen LogP contribution in [-0.4, -0.2) is 6.54 Å². The van der Waals surface area contributed by atoms with E-state index in [0.717, 1.165) is 17.8 Å². The van der Waals surface area contributed by atoms with E-state index in [4.69, 9.17) is 5.73 Å². The summed E-state index contributed by atoms with van der Waals surface area (Å²) >= 11 is 0. The maximum atomic E-state index is 5.79. The molecule has 3 fully saturated rings. The zero-order valence-corrected chi connectivity index (χ0v) is 21.3. The van der Waals surface area contributed by atoms with Crippen LogP contribution in [0.2, 0.25) is 0 Å². The number of hydrogen-bond acceptors (Lipinski definition) is 1. The Bertz CT molecular complexity index is 730. The molecule has 2 bridgehead atoms. The highest BCUT2D eigenvalue weighted by Crippen LogP contribution is 2.62. The van der Waals surface area contributed by atoms with E-state index in [0.29, 0.717) is 23.8 Å². The van der Waals surface area contributed by atoms with Gasteiger partial charge < -0.3 is 5.73 Å². The van der Waals surface area contributed by atoms with Crippen molar-refractivity contribution >= 4 is 0 Å². The quantitative estimate of drug-likeness (QED) is 0.375. The van der Waals surface area contributed by atoms with E-state index in [9.17, 15) is 0 Å². The molecule has 0 aromatic heterocycles. The van der Waals surface area contributed by atoms with Crippen molar-refractivity contribution in [1.29, 1.82) is 0 Å². The van der Waals surface area contributed by atoms with Crippen LogP contribution in [0.25, 0.3) is 0 Å². The van der Waals surface area contributed by atoms with E-state index >= 15 is 0 Å². The van der Waals surface area contributed by atoms with Crippen molar-refractivity contribution < 1.29 is 0 Å². The molecule has 4 aliphatic rings. The van der Waals surface area contributed by atoms with Crippen LogP contribution >= 0.6 is 0 Å². The first-order valence-corrected chi connectivity index (χ1v) is 13.3. The first-order valence-electron chi connectivity index (χ1n) is 13.3. The third-order valence-corrected chi connectivity index (χ3v) is 9.25. The van der Waals surface area contributed by atoms with Gasteiger partial charge in [0.1, 0.15) is 0 Å². The Kier molecular flexibility index (Phi) is 8.47. The molecule has 1 heteroatoms. The number of hydrogen-bond donors (Lipinski definition) is 1. The van der Waals surface area contributed by atoms with Gasteiger partial charge in [0.15, 0.2) is 0 Å². The summed E-state index contributed by atoms with van der Waals surface area (Å²) in [4.78, 5) is 0. The molecule has 0 radical (unpaired) electrons. The fourth-order valence-electron chi connectivity index (χ4n) is 6.86. The topological polar surface area (TPSA) is 26.0 Å². The van der Waals surface area contributed by atoms with Crippen molar-refractivity contribution in [2.75, 3.05) is 6.54 Å². The van der Waals surface area contributed by atoms with Crippen molar-refractivity contribution in [3.05, 3.63) is 46.6 Å². The normalized spacial score (nSPS) is 30.2. The monoisotopic (exact) mass is 423 g/mol. The van der Waals surface area contributed by atoms with Gasteiger partial charge in [-0.15, -0.1) is 0 Å². The Morgan fingerprint density at radius 3 is 2.42 bits per heavy atom. The van der Waals surface area contributed by atoms with Gasteiger partial charge in [-0.1, -0.05) is 72.3 Å². The van der Waals surface area contributed by atoms with Gasteiger partial charge in [-0.3, -0.25) is 0 Å². The van der Waals surface area contributed by atoms with Crippen LogP contribution in [0.4, 0.5) is 0 Å². The maximum Gasteiger partial charge on any atom is 0.0110 e. The maximum absolute atomic E-state index is 5.79. The minimum absolute atomic E-state index is 0.581. The van der Waals surface area contributed by atoms with Crippen LogP contribution in [0.15, 0.2) is 46.6 Å². The van der Waals surface area contributed by atoms with E-state index in [2.05, 4.69) is 65.8 Å². The Labute approximate surface area is 193 Å². The lowest BCUT2D eigenvalue weighted by atomic mass is 9.44. The first kappa shape index (κ1) is 24.6. The zero-order valence-electron chi connectivity index (χ0n) is 21.3. The van der Waals surface area contributed by atoms with E-state index in [1.165, 1.54) is 57.8 Å². The number of nitrogens with two attached hydrogens (primary N) is 1. The fraction of sp³-hybridized carbons (Fsp3) is 0.733. The largest absolute Gasteiger partial charge is 0.327 e. The Hall–Kier alpha value is -1.08. The predicted octanol–water partition coefficient (Wildman–Crippen LogP) is 8.39. The van der Waals surface area contributed by atoms with Gasteiger partial charge in [0.25, 0.3) is 0 Å². The molecule has 0 saturated heterocycles. The van der Waals surface area contributed by atoms with Crippen LogP contribution in [0.1, 0.15) is 99.3 Å². The second-order valence-corrected chi connectivity index (χ2v) is 11.3. The number of fused-ring (bicyclic) bond motifs is 2. The Morgan fingerprint density at radius 1 is 1.06 bits per heavy atom. The van der Waals surface area contributed by atoms with E-state index in [1.807, 2.05) is 0 Å². The average Bonchev–Trinajstić information content (AvgIpc) is 2.79. The molecule has 31 heavy (non-hydrogen) atoms. The fourth-order valence-corrected chi connectivity index (χ4v) is 6.86. The average molecular weight is 424 g/mol. The predicted molar refractivity (Wildman–Crippen MR) is 137 cm³/mol. The van der Waals surface area contributed by atoms with Gasteiger partial charge in [-0.25, -0.2) is 0 Å². The summed E-state index contributed by atoms with van der Waals surface area (Å²) in [5, 5.41) is 0. The first-order chi connectivity index (χ1) is 14.8. The van der Waals surface area contributed by atoms with Gasteiger partial charge >= 0.3 is 0 Å². The van der Waals surface area contributed by atoms with Crippen molar-refractivity contribution in [3.8, 4) is 0 Å². The summed E-state index contributed by atoms with van der Waals surface area (Å²) < 4.78 is 0. The minimum Gasteiger partial charge on any atom is -0.327 e. The standard InChI is InChI=1S/C30H49N/c1-7-9-12-27-23(11-10-19-31)15-16-24(29(27)21(3)8-2)14-13-22(4)26-18-17-25-20-28(26)30(25,5)6/h10-11,13-14,21-22,25-26,28H,7-9,12,15-20,31H2,1-6H3.